The molecule has 0 atom stereocenters. The summed E-state index contributed by atoms with van der Waals surface area (Å²) in [6.07, 6.45) is 0.835. The van der Waals surface area contributed by atoms with Crippen LogP contribution in [0.2, 0.25) is 5.02 Å². The van der Waals surface area contributed by atoms with E-state index in [1.807, 2.05) is 24.3 Å². The highest BCUT2D eigenvalue weighted by Crippen LogP contribution is 2.19. The summed E-state index contributed by atoms with van der Waals surface area (Å²) in [4.78, 5) is 27.2. The lowest BCUT2D eigenvalue weighted by Gasteiger charge is -2.36. The van der Waals surface area contributed by atoms with Crippen molar-refractivity contribution in [3.05, 3.63) is 69.2 Å². The smallest absolute Gasteiger partial charge is 0.270 e. The number of hydrogen-bond acceptors (Lipinski definition) is 5. The molecule has 0 spiro atoms. The van der Waals surface area contributed by atoms with E-state index < -0.39 is 4.92 Å². The van der Waals surface area contributed by atoms with E-state index in [0.717, 1.165) is 44.2 Å². The Balaban J connectivity index is 1.37. The van der Waals surface area contributed by atoms with Crippen LogP contribution in [0.3, 0.4) is 0 Å². The molecule has 2 aromatic carbocycles. The van der Waals surface area contributed by atoms with Gasteiger partial charge in [0.25, 0.3) is 11.6 Å². The molecule has 3 rings (SSSR count). The standard InChI is InChI=1S/C20H23ClN4O3/c21-17-5-7-18(8-6-17)24-13-11-23(12-14-24)10-2-9-22-20(26)16-3-1-4-19(15-16)25(27)28/h1,3-8,15H,2,9-14H2,(H,22,26). The topological polar surface area (TPSA) is 78.7 Å². The molecular weight excluding hydrogens is 380 g/mol. The highest BCUT2D eigenvalue weighted by molar-refractivity contribution is 6.30. The predicted octanol–water partition coefficient (Wildman–Crippen LogP) is 3.19. The second-order valence-electron chi connectivity index (χ2n) is 6.72. The Morgan fingerprint density at radius 3 is 2.50 bits per heavy atom. The Kier molecular flexibility index (Phi) is 6.84. The van der Waals surface area contributed by atoms with E-state index in [4.69, 9.17) is 11.6 Å². The molecule has 28 heavy (non-hydrogen) atoms. The number of rotatable bonds is 7. The quantitative estimate of drug-likeness (QED) is 0.437. The summed E-state index contributed by atoms with van der Waals surface area (Å²) in [5, 5.41) is 14.4. The summed E-state index contributed by atoms with van der Waals surface area (Å²) in [5.41, 5.74) is 1.42. The van der Waals surface area contributed by atoms with Gasteiger partial charge in [0, 0.05) is 61.1 Å². The van der Waals surface area contributed by atoms with Crippen molar-refractivity contribution in [2.24, 2.45) is 0 Å². The maximum atomic E-state index is 12.1. The molecule has 0 aromatic heterocycles. The third-order valence-corrected chi connectivity index (χ3v) is 5.07. The molecule has 1 aliphatic rings. The summed E-state index contributed by atoms with van der Waals surface area (Å²) in [5.74, 6) is -0.281. The molecule has 1 heterocycles. The van der Waals surface area contributed by atoms with Gasteiger partial charge in [0.05, 0.1) is 4.92 Å². The highest BCUT2D eigenvalue weighted by Gasteiger charge is 2.17. The first-order valence-electron chi connectivity index (χ1n) is 9.28. The van der Waals surface area contributed by atoms with Gasteiger partial charge in [0.2, 0.25) is 0 Å². The molecular formula is C20H23ClN4O3. The first-order valence-corrected chi connectivity index (χ1v) is 9.66. The number of halogens is 1. The van der Waals surface area contributed by atoms with E-state index in [9.17, 15) is 14.9 Å². The summed E-state index contributed by atoms with van der Waals surface area (Å²) in [6, 6.07) is 13.7. The normalized spacial score (nSPS) is 14.7. The molecule has 8 heteroatoms. The minimum atomic E-state index is -0.500. The number of hydrogen-bond donors (Lipinski definition) is 1. The van der Waals surface area contributed by atoms with Gasteiger partial charge in [0.1, 0.15) is 0 Å². The van der Waals surface area contributed by atoms with Gasteiger partial charge in [-0.1, -0.05) is 17.7 Å². The van der Waals surface area contributed by atoms with Crippen LogP contribution < -0.4 is 10.2 Å². The van der Waals surface area contributed by atoms with Crippen molar-refractivity contribution in [2.75, 3.05) is 44.2 Å². The van der Waals surface area contributed by atoms with Gasteiger partial charge in [-0.15, -0.1) is 0 Å². The van der Waals surface area contributed by atoms with E-state index in [0.29, 0.717) is 12.1 Å². The first-order chi connectivity index (χ1) is 13.5. The average molecular weight is 403 g/mol. The van der Waals surface area contributed by atoms with Gasteiger partial charge in [-0.3, -0.25) is 19.8 Å². The molecule has 0 unspecified atom stereocenters. The minimum absolute atomic E-state index is 0.0776. The van der Waals surface area contributed by atoms with Crippen LogP contribution in [-0.2, 0) is 0 Å². The lowest BCUT2D eigenvalue weighted by Crippen LogP contribution is -2.47. The fraction of sp³-hybridized carbons (Fsp3) is 0.350. The zero-order valence-electron chi connectivity index (χ0n) is 15.5. The number of nitrogens with zero attached hydrogens (tertiary/aromatic N) is 3. The second-order valence-corrected chi connectivity index (χ2v) is 7.16. The monoisotopic (exact) mass is 402 g/mol. The van der Waals surface area contributed by atoms with Gasteiger partial charge in [-0.25, -0.2) is 0 Å². The number of amides is 1. The summed E-state index contributed by atoms with van der Waals surface area (Å²) in [7, 11) is 0. The average Bonchev–Trinajstić information content (AvgIpc) is 2.72. The van der Waals surface area contributed by atoms with Crippen molar-refractivity contribution in [1.82, 2.24) is 10.2 Å². The molecule has 0 radical (unpaired) electrons. The lowest BCUT2D eigenvalue weighted by molar-refractivity contribution is -0.384. The van der Waals surface area contributed by atoms with Crippen molar-refractivity contribution in [3.63, 3.8) is 0 Å². The third-order valence-electron chi connectivity index (χ3n) is 4.82. The van der Waals surface area contributed by atoms with Gasteiger partial charge in [-0.2, -0.15) is 0 Å². The van der Waals surface area contributed by atoms with Crippen LogP contribution in [0, 0.1) is 10.1 Å². The Morgan fingerprint density at radius 1 is 1.11 bits per heavy atom. The molecule has 2 aromatic rings. The van der Waals surface area contributed by atoms with E-state index in [1.54, 1.807) is 6.07 Å². The molecule has 1 aliphatic heterocycles. The van der Waals surface area contributed by atoms with Gasteiger partial charge in [-0.05, 0) is 43.3 Å². The zero-order valence-corrected chi connectivity index (χ0v) is 16.3. The maximum absolute atomic E-state index is 12.1. The van der Waals surface area contributed by atoms with Crippen LogP contribution in [0.25, 0.3) is 0 Å². The van der Waals surface area contributed by atoms with Crippen LogP contribution in [0.15, 0.2) is 48.5 Å². The largest absolute Gasteiger partial charge is 0.369 e. The predicted molar refractivity (Wildman–Crippen MR) is 110 cm³/mol. The van der Waals surface area contributed by atoms with Gasteiger partial charge >= 0.3 is 0 Å². The molecule has 1 amide bonds. The molecule has 0 bridgehead atoms. The molecule has 0 aliphatic carbocycles. The summed E-state index contributed by atoms with van der Waals surface area (Å²) < 4.78 is 0. The van der Waals surface area contributed by atoms with E-state index in [-0.39, 0.29) is 11.6 Å². The minimum Gasteiger partial charge on any atom is -0.369 e. The Bertz CT molecular complexity index is 820. The number of nitro groups is 1. The van der Waals surface area contributed by atoms with Crippen molar-refractivity contribution >= 4 is 28.9 Å². The number of anilines is 1. The van der Waals surface area contributed by atoms with Crippen molar-refractivity contribution in [3.8, 4) is 0 Å². The summed E-state index contributed by atoms with van der Waals surface area (Å²) in [6.45, 7) is 5.31. The fourth-order valence-corrected chi connectivity index (χ4v) is 3.37. The Hall–Kier alpha value is -2.64. The zero-order chi connectivity index (χ0) is 19.9. The van der Waals surface area contributed by atoms with Gasteiger partial charge in [0.15, 0.2) is 0 Å². The number of carbonyl (C=O) groups is 1. The first kappa shape index (κ1) is 20.1. The molecule has 1 saturated heterocycles. The van der Waals surface area contributed by atoms with E-state index in [1.165, 1.54) is 23.9 Å². The van der Waals surface area contributed by atoms with Crippen molar-refractivity contribution in [1.29, 1.82) is 0 Å². The van der Waals surface area contributed by atoms with Crippen LogP contribution in [-0.4, -0.2) is 55.0 Å². The number of carbonyl (C=O) groups excluding carboxylic acids is 1. The maximum Gasteiger partial charge on any atom is 0.270 e. The van der Waals surface area contributed by atoms with E-state index in [2.05, 4.69) is 15.1 Å². The number of nitrogens with one attached hydrogen (secondary N) is 1. The Labute approximate surface area is 169 Å². The lowest BCUT2D eigenvalue weighted by atomic mass is 10.2. The number of non-ortho nitro benzene ring substituents is 1. The molecule has 1 fully saturated rings. The molecule has 1 N–H and O–H groups in total. The van der Waals surface area contributed by atoms with Crippen LogP contribution in [0.1, 0.15) is 16.8 Å². The van der Waals surface area contributed by atoms with Crippen molar-refractivity contribution in [2.45, 2.75) is 6.42 Å². The Morgan fingerprint density at radius 2 is 1.82 bits per heavy atom. The second kappa shape index (κ2) is 9.52. The number of benzene rings is 2. The molecule has 148 valence electrons. The molecule has 7 nitrogen and oxygen atoms in total. The number of nitro benzene ring substituents is 1. The SMILES string of the molecule is O=C(NCCCN1CCN(c2ccc(Cl)cc2)CC1)c1cccc([N+](=O)[O-])c1. The van der Waals surface area contributed by atoms with Crippen LogP contribution in [0.5, 0.6) is 0 Å². The summed E-state index contributed by atoms with van der Waals surface area (Å²) >= 11 is 5.94. The van der Waals surface area contributed by atoms with E-state index >= 15 is 0 Å². The van der Waals surface area contributed by atoms with Crippen LogP contribution >= 0.6 is 11.6 Å². The third kappa shape index (κ3) is 5.43. The van der Waals surface area contributed by atoms with Crippen molar-refractivity contribution < 1.29 is 9.72 Å². The highest BCUT2D eigenvalue weighted by atomic mass is 35.5. The molecule has 0 saturated carbocycles. The number of piperazine rings is 1. The fourth-order valence-electron chi connectivity index (χ4n) is 3.25. The van der Waals surface area contributed by atoms with Crippen LogP contribution in [0.4, 0.5) is 11.4 Å². The van der Waals surface area contributed by atoms with Gasteiger partial charge < -0.3 is 10.2 Å².